The van der Waals surface area contributed by atoms with E-state index in [1.807, 2.05) is 48.5 Å². The summed E-state index contributed by atoms with van der Waals surface area (Å²) in [6.07, 6.45) is 1.72. The first-order chi connectivity index (χ1) is 13.2. The fourth-order valence-corrected chi connectivity index (χ4v) is 2.63. The molecule has 7 heteroatoms. The number of nitrogens with zero attached hydrogens (tertiary/aromatic N) is 2. The second-order valence-electron chi connectivity index (χ2n) is 5.79. The lowest BCUT2D eigenvalue weighted by atomic mass is 10.2. The van der Waals surface area contributed by atoms with Crippen LogP contribution in [0.1, 0.15) is 11.1 Å². The molecule has 0 bridgehead atoms. The highest BCUT2D eigenvalue weighted by atomic mass is 35.5. The van der Waals surface area contributed by atoms with Gasteiger partial charge in [0.1, 0.15) is 5.82 Å². The summed E-state index contributed by atoms with van der Waals surface area (Å²) < 4.78 is 10.6. The van der Waals surface area contributed by atoms with Crippen molar-refractivity contribution in [3.63, 3.8) is 0 Å². The molecule has 0 fully saturated rings. The maximum absolute atomic E-state index is 5.91. The lowest BCUT2D eigenvalue weighted by Crippen LogP contribution is -2.07. The van der Waals surface area contributed by atoms with Crippen molar-refractivity contribution in [3.05, 3.63) is 70.9 Å². The van der Waals surface area contributed by atoms with Crippen LogP contribution in [0.25, 0.3) is 0 Å². The van der Waals surface area contributed by atoms with Gasteiger partial charge in [-0.05, 0) is 41.5 Å². The van der Waals surface area contributed by atoms with Crippen LogP contribution in [-0.2, 0) is 13.1 Å². The number of aromatic nitrogens is 2. The normalized spacial score (nSPS) is 10.3. The molecule has 3 rings (SSSR count). The molecule has 2 aromatic carbocycles. The van der Waals surface area contributed by atoms with E-state index < -0.39 is 0 Å². The highest BCUT2D eigenvalue weighted by Crippen LogP contribution is 2.27. The highest BCUT2D eigenvalue weighted by molar-refractivity contribution is 6.30. The molecule has 3 aromatic rings. The fourth-order valence-electron chi connectivity index (χ4n) is 2.51. The molecule has 0 saturated heterocycles. The molecule has 27 heavy (non-hydrogen) atoms. The first kappa shape index (κ1) is 18.8. The quantitative estimate of drug-likeness (QED) is 0.601. The molecule has 0 amide bonds. The van der Waals surface area contributed by atoms with Crippen molar-refractivity contribution in [1.82, 2.24) is 9.97 Å². The van der Waals surface area contributed by atoms with Gasteiger partial charge in [0.25, 0.3) is 0 Å². The summed E-state index contributed by atoms with van der Waals surface area (Å²) in [7, 11) is 3.24. The van der Waals surface area contributed by atoms with Crippen LogP contribution < -0.4 is 20.1 Å². The van der Waals surface area contributed by atoms with E-state index in [-0.39, 0.29) is 0 Å². The molecule has 0 aliphatic rings. The molecule has 0 radical (unpaired) electrons. The van der Waals surface area contributed by atoms with E-state index in [4.69, 9.17) is 21.1 Å². The maximum Gasteiger partial charge on any atom is 0.224 e. The second-order valence-corrected chi connectivity index (χ2v) is 6.22. The Bertz CT molecular complexity index is 887. The topological polar surface area (TPSA) is 68.3 Å². The van der Waals surface area contributed by atoms with Crippen LogP contribution >= 0.6 is 11.6 Å². The zero-order valence-electron chi connectivity index (χ0n) is 15.2. The summed E-state index contributed by atoms with van der Waals surface area (Å²) in [5.41, 5.74) is 2.16. The third-order valence-corrected chi connectivity index (χ3v) is 4.19. The Kier molecular flexibility index (Phi) is 6.33. The van der Waals surface area contributed by atoms with Crippen molar-refractivity contribution in [2.45, 2.75) is 13.1 Å². The van der Waals surface area contributed by atoms with Crippen molar-refractivity contribution in [3.8, 4) is 11.5 Å². The van der Waals surface area contributed by atoms with Crippen LogP contribution in [0.15, 0.2) is 54.7 Å². The van der Waals surface area contributed by atoms with Gasteiger partial charge in [-0.2, -0.15) is 4.98 Å². The minimum Gasteiger partial charge on any atom is -0.493 e. The third-order valence-electron chi connectivity index (χ3n) is 3.94. The number of nitrogens with one attached hydrogen (secondary N) is 2. The number of hydrogen-bond donors (Lipinski definition) is 2. The summed E-state index contributed by atoms with van der Waals surface area (Å²) in [6.45, 7) is 1.23. The molecule has 0 spiro atoms. The molecule has 140 valence electrons. The summed E-state index contributed by atoms with van der Waals surface area (Å²) in [4.78, 5) is 8.74. The number of anilines is 2. The average Bonchev–Trinajstić information content (AvgIpc) is 2.72. The predicted molar refractivity (Wildman–Crippen MR) is 108 cm³/mol. The van der Waals surface area contributed by atoms with Crippen LogP contribution in [0.5, 0.6) is 11.5 Å². The zero-order chi connectivity index (χ0) is 19.1. The Hall–Kier alpha value is -2.99. The van der Waals surface area contributed by atoms with Gasteiger partial charge in [0.2, 0.25) is 5.95 Å². The van der Waals surface area contributed by atoms with E-state index in [9.17, 15) is 0 Å². The van der Waals surface area contributed by atoms with Crippen LogP contribution in [-0.4, -0.2) is 24.2 Å². The van der Waals surface area contributed by atoms with Crippen molar-refractivity contribution in [2.75, 3.05) is 24.9 Å². The lowest BCUT2D eigenvalue weighted by Gasteiger charge is -2.11. The maximum atomic E-state index is 5.91. The number of hydrogen-bond acceptors (Lipinski definition) is 6. The van der Waals surface area contributed by atoms with Gasteiger partial charge in [0, 0.05) is 24.3 Å². The highest BCUT2D eigenvalue weighted by Gasteiger charge is 2.05. The number of halogens is 1. The third kappa shape index (κ3) is 5.24. The monoisotopic (exact) mass is 384 g/mol. The minimum absolute atomic E-state index is 0.547. The number of rotatable bonds is 8. The summed E-state index contributed by atoms with van der Waals surface area (Å²) in [5, 5.41) is 7.23. The van der Waals surface area contributed by atoms with Gasteiger partial charge in [0.05, 0.1) is 14.2 Å². The standard InChI is InChI=1S/C20H21ClN4O2/c1-26-17-8-5-15(11-18(17)27-2)13-24-20-22-10-9-19(25-20)23-12-14-3-6-16(21)7-4-14/h3-11H,12-13H2,1-2H3,(H2,22,23,24,25). The van der Waals surface area contributed by atoms with E-state index in [1.54, 1.807) is 20.4 Å². The van der Waals surface area contributed by atoms with Crippen LogP contribution in [0.2, 0.25) is 5.02 Å². The number of methoxy groups -OCH3 is 2. The lowest BCUT2D eigenvalue weighted by molar-refractivity contribution is 0.354. The van der Waals surface area contributed by atoms with E-state index in [2.05, 4.69) is 20.6 Å². The van der Waals surface area contributed by atoms with Crippen molar-refractivity contribution < 1.29 is 9.47 Å². The minimum atomic E-state index is 0.547. The summed E-state index contributed by atoms with van der Waals surface area (Å²) >= 11 is 5.91. The average molecular weight is 385 g/mol. The van der Waals surface area contributed by atoms with Gasteiger partial charge >= 0.3 is 0 Å². The zero-order valence-corrected chi connectivity index (χ0v) is 16.0. The van der Waals surface area contributed by atoms with Gasteiger partial charge < -0.3 is 20.1 Å². The van der Waals surface area contributed by atoms with Gasteiger partial charge in [0.15, 0.2) is 11.5 Å². The molecule has 0 saturated carbocycles. The number of benzene rings is 2. The van der Waals surface area contributed by atoms with Crippen LogP contribution in [0.3, 0.4) is 0 Å². The Morgan fingerprint density at radius 3 is 2.30 bits per heavy atom. The Morgan fingerprint density at radius 1 is 0.852 bits per heavy atom. The predicted octanol–water partition coefficient (Wildman–Crippen LogP) is 4.37. The SMILES string of the molecule is COc1ccc(CNc2nccc(NCc3ccc(Cl)cc3)n2)cc1OC. The van der Waals surface area contributed by atoms with E-state index in [0.717, 1.165) is 22.0 Å². The van der Waals surface area contributed by atoms with Gasteiger partial charge in [-0.25, -0.2) is 4.98 Å². The second kappa shape index (κ2) is 9.09. The van der Waals surface area contributed by atoms with Crippen molar-refractivity contribution in [1.29, 1.82) is 0 Å². The first-order valence-corrected chi connectivity index (χ1v) is 8.82. The van der Waals surface area contributed by atoms with Crippen LogP contribution in [0, 0.1) is 0 Å². The largest absolute Gasteiger partial charge is 0.493 e. The molecule has 0 unspecified atom stereocenters. The molecule has 0 aliphatic carbocycles. The summed E-state index contributed by atoms with van der Waals surface area (Å²) in [6, 6.07) is 15.3. The molecular weight excluding hydrogens is 364 g/mol. The number of ether oxygens (including phenoxy) is 2. The van der Waals surface area contributed by atoms with E-state index in [0.29, 0.717) is 30.5 Å². The first-order valence-electron chi connectivity index (χ1n) is 8.44. The smallest absolute Gasteiger partial charge is 0.224 e. The van der Waals surface area contributed by atoms with Gasteiger partial charge in [-0.1, -0.05) is 29.8 Å². The van der Waals surface area contributed by atoms with Crippen molar-refractivity contribution >= 4 is 23.4 Å². The van der Waals surface area contributed by atoms with Crippen LogP contribution in [0.4, 0.5) is 11.8 Å². The molecule has 0 atom stereocenters. The molecular formula is C20H21ClN4O2. The van der Waals surface area contributed by atoms with Gasteiger partial charge in [-0.15, -0.1) is 0 Å². The van der Waals surface area contributed by atoms with Gasteiger partial charge in [-0.3, -0.25) is 0 Å². The molecule has 1 heterocycles. The Balaban J connectivity index is 1.59. The summed E-state index contributed by atoms with van der Waals surface area (Å²) in [5.74, 6) is 2.68. The molecule has 2 N–H and O–H groups in total. The Morgan fingerprint density at radius 2 is 1.56 bits per heavy atom. The molecule has 6 nitrogen and oxygen atoms in total. The van der Waals surface area contributed by atoms with E-state index >= 15 is 0 Å². The molecule has 0 aliphatic heterocycles. The molecule has 1 aromatic heterocycles. The fraction of sp³-hybridized carbons (Fsp3) is 0.200. The Labute approximate surface area is 163 Å². The van der Waals surface area contributed by atoms with Crippen molar-refractivity contribution in [2.24, 2.45) is 0 Å². The van der Waals surface area contributed by atoms with E-state index in [1.165, 1.54) is 0 Å².